The maximum atomic E-state index is 5.94. The molecule has 4 nitrogen and oxygen atoms in total. The minimum absolute atomic E-state index is 0. The van der Waals surface area contributed by atoms with Crippen LogP contribution in [0.5, 0.6) is 0 Å². The normalized spacial score (nSPS) is 16.5. The molecule has 126 valence electrons. The molecule has 0 amide bonds. The van der Waals surface area contributed by atoms with Crippen LogP contribution in [-0.2, 0) is 11.2 Å². The predicted octanol–water partition coefficient (Wildman–Crippen LogP) is 3.64. The standard InChI is InChI=1S/C15H24ClN3OS.HI/c1-3-20-12-7-10-19(11-8-12)15(17-2)18-9-6-13-4-5-14(16)21-13;/h4-5,12H,3,6-11H2,1-2H3,(H,17,18);1H. The van der Waals surface area contributed by atoms with Gasteiger partial charge in [0.2, 0.25) is 0 Å². The Balaban J connectivity index is 0.00000242. The number of aliphatic imine (C=N–C) groups is 1. The van der Waals surface area contributed by atoms with Crippen molar-refractivity contribution >= 4 is 52.9 Å². The van der Waals surface area contributed by atoms with Crippen LogP contribution < -0.4 is 5.32 Å². The number of hydrogen-bond donors (Lipinski definition) is 1. The molecule has 22 heavy (non-hydrogen) atoms. The number of nitrogens with zero attached hydrogens (tertiary/aromatic N) is 2. The van der Waals surface area contributed by atoms with Crippen molar-refractivity contribution in [2.75, 3.05) is 33.3 Å². The van der Waals surface area contributed by atoms with Crippen LogP contribution in [0.1, 0.15) is 24.6 Å². The van der Waals surface area contributed by atoms with Gasteiger partial charge in [0.25, 0.3) is 0 Å². The van der Waals surface area contributed by atoms with Gasteiger partial charge >= 0.3 is 0 Å². The molecule has 0 aliphatic carbocycles. The van der Waals surface area contributed by atoms with E-state index in [9.17, 15) is 0 Å². The highest BCUT2D eigenvalue weighted by molar-refractivity contribution is 14.0. The summed E-state index contributed by atoms with van der Waals surface area (Å²) in [4.78, 5) is 8.01. The first-order valence-electron chi connectivity index (χ1n) is 7.54. The van der Waals surface area contributed by atoms with Crippen molar-refractivity contribution in [2.24, 2.45) is 4.99 Å². The van der Waals surface area contributed by atoms with Gasteiger partial charge in [-0.15, -0.1) is 35.3 Å². The smallest absolute Gasteiger partial charge is 0.193 e. The van der Waals surface area contributed by atoms with Gasteiger partial charge in [-0.1, -0.05) is 11.6 Å². The van der Waals surface area contributed by atoms with Gasteiger partial charge in [-0.05, 0) is 38.3 Å². The average Bonchev–Trinajstić information content (AvgIpc) is 2.91. The molecule has 0 spiro atoms. The van der Waals surface area contributed by atoms with Gasteiger partial charge in [0.05, 0.1) is 10.4 Å². The van der Waals surface area contributed by atoms with Gasteiger partial charge in [-0.3, -0.25) is 4.99 Å². The molecule has 1 aromatic heterocycles. The Hall–Kier alpha value is -0.0500. The lowest BCUT2D eigenvalue weighted by Crippen LogP contribution is -2.47. The van der Waals surface area contributed by atoms with E-state index < -0.39 is 0 Å². The van der Waals surface area contributed by atoms with Crippen LogP contribution in [0.15, 0.2) is 17.1 Å². The molecule has 1 N–H and O–H groups in total. The van der Waals surface area contributed by atoms with Crippen LogP contribution in [0, 0.1) is 0 Å². The minimum Gasteiger partial charge on any atom is -0.378 e. The molecule has 1 fully saturated rings. The van der Waals surface area contributed by atoms with E-state index in [1.165, 1.54) is 4.88 Å². The molecule has 0 saturated carbocycles. The monoisotopic (exact) mass is 457 g/mol. The van der Waals surface area contributed by atoms with Gasteiger partial charge in [0.1, 0.15) is 0 Å². The fraction of sp³-hybridized carbons (Fsp3) is 0.667. The average molecular weight is 458 g/mol. The highest BCUT2D eigenvalue weighted by Crippen LogP contribution is 2.21. The summed E-state index contributed by atoms with van der Waals surface area (Å²) < 4.78 is 6.54. The van der Waals surface area contributed by atoms with Crippen molar-refractivity contribution in [3.63, 3.8) is 0 Å². The summed E-state index contributed by atoms with van der Waals surface area (Å²) >= 11 is 7.59. The van der Waals surface area contributed by atoms with Crippen LogP contribution in [0.2, 0.25) is 4.34 Å². The SMILES string of the molecule is CCOC1CCN(C(=NC)NCCc2ccc(Cl)s2)CC1.I. The van der Waals surface area contributed by atoms with E-state index in [2.05, 4.69) is 28.2 Å². The third-order valence-electron chi connectivity index (χ3n) is 3.64. The summed E-state index contributed by atoms with van der Waals surface area (Å²) in [5.74, 6) is 0.993. The summed E-state index contributed by atoms with van der Waals surface area (Å²) in [5.41, 5.74) is 0. The first-order chi connectivity index (χ1) is 10.2. The van der Waals surface area contributed by atoms with Gasteiger partial charge in [0, 0.05) is 38.2 Å². The summed E-state index contributed by atoms with van der Waals surface area (Å²) in [5, 5.41) is 3.44. The predicted molar refractivity (Wildman–Crippen MR) is 106 cm³/mol. The molecule has 0 bridgehead atoms. The van der Waals surface area contributed by atoms with Crippen molar-refractivity contribution in [1.29, 1.82) is 0 Å². The van der Waals surface area contributed by atoms with Crippen molar-refractivity contribution in [2.45, 2.75) is 32.3 Å². The molecule has 1 aromatic rings. The van der Waals surface area contributed by atoms with E-state index >= 15 is 0 Å². The molecule has 0 unspecified atom stereocenters. The first-order valence-corrected chi connectivity index (χ1v) is 8.73. The molecule has 0 atom stereocenters. The Bertz CT molecular complexity index is 461. The Morgan fingerprint density at radius 3 is 2.73 bits per heavy atom. The zero-order chi connectivity index (χ0) is 15.1. The number of ether oxygens (including phenoxy) is 1. The molecular formula is C15H25ClIN3OS. The van der Waals surface area contributed by atoms with E-state index in [-0.39, 0.29) is 24.0 Å². The lowest BCUT2D eigenvalue weighted by atomic mass is 10.1. The number of guanidine groups is 1. The van der Waals surface area contributed by atoms with Gasteiger partial charge < -0.3 is 15.0 Å². The highest BCUT2D eigenvalue weighted by Gasteiger charge is 2.21. The molecule has 1 aliphatic rings. The van der Waals surface area contributed by atoms with Crippen LogP contribution in [0.3, 0.4) is 0 Å². The van der Waals surface area contributed by atoms with E-state index in [0.29, 0.717) is 6.10 Å². The maximum Gasteiger partial charge on any atom is 0.193 e. The molecule has 1 saturated heterocycles. The first kappa shape index (κ1) is 20.0. The zero-order valence-electron chi connectivity index (χ0n) is 13.2. The van der Waals surface area contributed by atoms with E-state index in [0.717, 1.165) is 55.8 Å². The molecular weight excluding hydrogens is 433 g/mol. The van der Waals surface area contributed by atoms with Crippen LogP contribution >= 0.6 is 46.9 Å². The number of thiophene rings is 1. The third kappa shape index (κ3) is 6.22. The number of piperidine rings is 1. The minimum atomic E-state index is 0. The van der Waals surface area contributed by atoms with Gasteiger partial charge in [-0.2, -0.15) is 0 Å². The second-order valence-electron chi connectivity index (χ2n) is 5.07. The fourth-order valence-corrected chi connectivity index (χ4v) is 3.67. The summed E-state index contributed by atoms with van der Waals surface area (Å²) in [6.45, 7) is 5.77. The second kappa shape index (κ2) is 10.7. The van der Waals surface area contributed by atoms with Gasteiger partial charge in [-0.25, -0.2) is 0 Å². The van der Waals surface area contributed by atoms with Crippen LogP contribution in [0.25, 0.3) is 0 Å². The molecule has 0 aromatic carbocycles. The number of likely N-dealkylation sites (tertiary alicyclic amines) is 1. The third-order valence-corrected chi connectivity index (χ3v) is 4.93. The summed E-state index contributed by atoms with van der Waals surface area (Å²) in [6.07, 6.45) is 3.55. The highest BCUT2D eigenvalue weighted by atomic mass is 127. The topological polar surface area (TPSA) is 36.9 Å². The molecule has 1 aliphatic heterocycles. The Morgan fingerprint density at radius 1 is 1.45 bits per heavy atom. The molecule has 7 heteroatoms. The largest absolute Gasteiger partial charge is 0.378 e. The van der Waals surface area contributed by atoms with Crippen molar-refractivity contribution < 1.29 is 4.74 Å². The lowest BCUT2D eigenvalue weighted by molar-refractivity contribution is 0.0264. The van der Waals surface area contributed by atoms with E-state index in [4.69, 9.17) is 16.3 Å². The van der Waals surface area contributed by atoms with Gasteiger partial charge in [0.15, 0.2) is 5.96 Å². The van der Waals surface area contributed by atoms with Crippen molar-refractivity contribution in [3.05, 3.63) is 21.3 Å². The van der Waals surface area contributed by atoms with Crippen molar-refractivity contribution in [1.82, 2.24) is 10.2 Å². The Kier molecular flexibility index (Phi) is 9.70. The lowest BCUT2D eigenvalue weighted by Gasteiger charge is -2.34. The summed E-state index contributed by atoms with van der Waals surface area (Å²) in [7, 11) is 1.85. The quantitative estimate of drug-likeness (QED) is 0.417. The van der Waals surface area contributed by atoms with Crippen molar-refractivity contribution in [3.8, 4) is 0 Å². The van der Waals surface area contributed by atoms with Crippen LogP contribution in [0.4, 0.5) is 0 Å². The van der Waals surface area contributed by atoms with E-state index in [1.54, 1.807) is 11.3 Å². The number of nitrogens with one attached hydrogen (secondary N) is 1. The number of hydrogen-bond acceptors (Lipinski definition) is 3. The maximum absolute atomic E-state index is 5.94. The number of halogens is 2. The Labute approximate surface area is 159 Å². The fourth-order valence-electron chi connectivity index (χ4n) is 2.59. The number of rotatable bonds is 5. The molecule has 0 radical (unpaired) electrons. The van der Waals surface area contributed by atoms with Crippen LogP contribution in [-0.4, -0.2) is 50.3 Å². The zero-order valence-corrected chi connectivity index (χ0v) is 17.1. The molecule has 2 rings (SSSR count). The molecule has 2 heterocycles. The Morgan fingerprint density at radius 2 is 2.18 bits per heavy atom. The summed E-state index contributed by atoms with van der Waals surface area (Å²) in [6, 6.07) is 4.04. The second-order valence-corrected chi connectivity index (χ2v) is 6.87. The van der Waals surface area contributed by atoms with E-state index in [1.807, 2.05) is 13.1 Å².